The summed E-state index contributed by atoms with van der Waals surface area (Å²) in [5.74, 6) is -0.356. The molecule has 0 aliphatic rings. The highest BCUT2D eigenvalue weighted by molar-refractivity contribution is 6.02. The molecular weight excluding hydrogens is 304 g/mol. The number of anilines is 1. The van der Waals surface area contributed by atoms with Crippen molar-refractivity contribution in [3.63, 3.8) is 0 Å². The predicted molar refractivity (Wildman–Crippen MR) is 91.0 cm³/mol. The van der Waals surface area contributed by atoms with Crippen LogP contribution in [0.5, 0.6) is 0 Å². The Hall–Kier alpha value is -2.99. The second-order valence-corrected chi connectivity index (χ2v) is 5.95. The summed E-state index contributed by atoms with van der Waals surface area (Å²) in [6.07, 6.45) is 1.42. The molecule has 0 atom stereocenters. The molecule has 1 aromatic heterocycles. The van der Waals surface area contributed by atoms with Crippen LogP contribution in [0.1, 0.15) is 29.9 Å². The van der Waals surface area contributed by atoms with Gasteiger partial charge in [0.2, 0.25) is 0 Å². The first-order valence-electron chi connectivity index (χ1n) is 7.55. The molecule has 6 heteroatoms. The highest BCUT2D eigenvalue weighted by atomic mass is 16.3. The van der Waals surface area contributed by atoms with E-state index in [1.165, 1.54) is 11.0 Å². The summed E-state index contributed by atoms with van der Waals surface area (Å²) < 4.78 is 0. The van der Waals surface area contributed by atoms with Gasteiger partial charge in [-0.3, -0.25) is 4.79 Å². The molecule has 0 aliphatic carbocycles. The fourth-order valence-electron chi connectivity index (χ4n) is 2.23. The molecule has 0 unspecified atom stereocenters. The Balaban J connectivity index is 1.78. The zero-order valence-electron chi connectivity index (χ0n) is 13.5. The number of hydrogen-bond donors (Lipinski definition) is 2. The fourth-order valence-corrected chi connectivity index (χ4v) is 2.23. The number of nitrogens with one attached hydrogen (secondary N) is 1. The maximum atomic E-state index is 12.3. The average Bonchev–Trinajstić information content (AvgIpc) is 3.05. The van der Waals surface area contributed by atoms with Gasteiger partial charge in [0.15, 0.2) is 5.69 Å². The first kappa shape index (κ1) is 15.9. The summed E-state index contributed by atoms with van der Waals surface area (Å²) in [6, 6.07) is 16.4. The van der Waals surface area contributed by atoms with Crippen LogP contribution in [0.3, 0.4) is 0 Å². The minimum atomic E-state index is -0.975. The molecular formula is C18H18N4O2. The number of aliphatic hydroxyl groups is 1. The molecule has 2 N–H and O–H groups in total. The van der Waals surface area contributed by atoms with Crippen molar-refractivity contribution in [2.75, 3.05) is 5.32 Å². The number of nitrogens with zero attached hydrogens (tertiary/aromatic N) is 3. The largest absolute Gasteiger partial charge is 0.386 e. The molecule has 0 saturated carbocycles. The van der Waals surface area contributed by atoms with Crippen molar-refractivity contribution in [1.82, 2.24) is 15.0 Å². The zero-order valence-corrected chi connectivity index (χ0v) is 13.5. The number of para-hydroxylation sites is 1. The molecule has 0 spiro atoms. The van der Waals surface area contributed by atoms with Gasteiger partial charge in [-0.05, 0) is 43.7 Å². The van der Waals surface area contributed by atoms with Crippen molar-refractivity contribution < 1.29 is 9.90 Å². The third-order valence-electron chi connectivity index (χ3n) is 3.54. The van der Waals surface area contributed by atoms with Crippen molar-refractivity contribution in [2.24, 2.45) is 0 Å². The third-order valence-corrected chi connectivity index (χ3v) is 3.54. The van der Waals surface area contributed by atoms with Gasteiger partial charge >= 0.3 is 0 Å². The predicted octanol–water partition coefficient (Wildman–Crippen LogP) is 2.75. The van der Waals surface area contributed by atoms with E-state index in [2.05, 4.69) is 15.5 Å². The van der Waals surface area contributed by atoms with Gasteiger partial charge in [0.1, 0.15) is 0 Å². The standard InChI is InChI=1S/C18H18N4O2/c1-18(2,24)13-7-6-8-14(11-13)20-17(23)16-12-19-22(21-16)15-9-4-3-5-10-15/h3-12,24H,1-2H3,(H,20,23). The first-order valence-corrected chi connectivity index (χ1v) is 7.55. The lowest BCUT2D eigenvalue weighted by Crippen LogP contribution is -2.17. The van der Waals surface area contributed by atoms with Crippen LogP contribution < -0.4 is 5.32 Å². The van der Waals surface area contributed by atoms with Crippen LogP contribution in [0.2, 0.25) is 0 Å². The van der Waals surface area contributed by atoms with Gasteiger partial charge in [-0.2, -0.15) is 9.90 Å². The average molecular weight is 322 g/mol. The van der Waals surface area contributed by atoms with Crippen molar-refractivity contribution in [1.29, 1.82) is 0 Å². The molecule has 0 bridgehead atoms. The number of amides is 1. The van der Waals surface area contributed by atoms with Gasteiger partial charge in [-0.25, -0.2) is 0 Å². The van der Waals surface area contributed by atoms with Crippen LogP contribution in [0, 0.1) is 0 Å². The van der Waals surface area contributed by atoms with E-state index in [1.807, 2.05) is 30.3 Å². The van der Waals surface area contributed by atoms with E-state index < -0.39 is 5.60 Å². The Bertz CT molecular complexity index is 851. The molecule has 6 nitrogen and oxygen atoms in total. The van der Waals surface area contributed by atoms with E-state index in [9.17, 15) is 9.90 Å². The van der Waals surface area contributed by atoms with E-state index in [4.69, 9.17) is 0 Å². The molecule has 3 rings (SSSR count). The monoisotopic (exact) mass is 322 g/mol. The number of rotatable bonds is 4. The SMILES string of the molecule is CC(C)(O)c1cccc(NC(=O)c2cnn(-c3ccccc3)n2)c1. The molecule has 1 heterocycles. The number of carbonyl (C=O) groups excluding carboxylic acids is 1. The van der Waals surface area contributed by atoms with Gasteiger partial charge in [-0.1, -0.05) is 30.3 Å². The van der Waals surface area contributed by atoms with Gasteiger partial charge < -0.3 is 10.4 Å². The second-order valence-electron chi connectivity index (χ2n) is 5.95. The number of carbonyl (C=O) groups is 1. The molecule has 1 amide bonds. The summed E-state index contributed by atoms with van der Waals surface area (Å²) in [6.45, 7) is 3.39. The van der Waals surface area contributed by atoms with Crippen LogP contribution in [-0.4, -0.2) is 26.0 Å². The summed E-state index contributed by atoms with van der Waals surface area (Å²) >= 11 is 0. The van der Waals surface area contributed by atoms with Crippen molar-refractivity contribution >= 4 is 11.6 Å². The van der Waals surface area contributed by atoms with Crippen LogP contribution in [-0.2, 0) is 5.60 Å². The van der Waals surface area contributed by atoms with E-state index in [0.29, 0.717) is 11.3 Å². The van der Waals surface area contributed by atoms with Crippen molar-refractivity contribution in [3.05, 3.63) is 72.1 Å². The van der Waals surface area contributed by atoms with Gasteiger partial charge in [-0.15, -0.1) is 5.10 Å². The summed E-state index contributed by atoms with van der Waals surface area (Å²) in [4.78, 5) is 13.7. The number of aromatic nitrogens is 3. The van der Waals surface area contributed by atoms with Crippen LogP contribution in [0.4, 0.5) is 5.69 Å². The van der Waals surface area contributed by atoms with Gasteiger partial charge in [0.25, 0.3) is 5.91 Å². The van der Waals surface area contributed by atoms with Crippen molar-refractivity contribution in [2.45, 2.75) is 19.4 Å². The Labute approximate surface area is 139 Å². The smallest absolute Gasteiger partial charge is 0.277 e. The highest BCUT2D eigenvalue weighted by Crippen LogP contribution is 2.22. The normalized spacial score (nSPS) is 11.3. The maximum Gasteiger partial charge on any atom is 0.277 e. The lowest BCUT2D eigenvalue weighted by atomic mass is 9.98. The topological polar surface area (TPSA) is 80.0 Å². The number of benzene rings is 2. The molecule has 122 valence electrons. The fraction of sp³-hybridized carbons (Fsp3) is 0.167. The van der Waals surface area contributed by atoms with Crippen LogP contribution >= 0.6 is 0 Å². The lowest BCUT2D eigenvalue weighted by Gasteiger charge is -2.18. The second kappa shape index (κ2) is 6.25. The highest BCUT2D eigenvalue weighted by Gasteiger charge is 2.17. The van der Waals surface area contributed by atoms with Gasteiger partial charge in [0, 0.05) is 5.69 Å². The molecule has 0 saturated heterocycles. The molecule has 2 aromatic carbocycles. The van der Waals surface area contributed by atoms with E-state index in [-0.39, 0.29) is 11.6 Å². The lowest BCUT2D eigenvalue weighted by molar-refractivity contribution is 0.0786. The minimum Gasteiger partial charge on any atom is -0.386 e. The third kappa shape index (κ3) is 3.49. The molecule has 24 heavy (non-hydrogen) atoms. The molecule has 3 aromatic rings. The number of hydrogen-bond acceptors (Lipinski definition) is 4. The Morgan fingerprint density at radius 1 is 1.12 bits per heavy atom. The maximum absolute atomic E-state index is 12.3. The molecule has 0 radical (unpaired) electrons. The first-order chi connectivity index (χ1) is 11.4. The molecule has 0 aliphatic heterocycles. The van der Waals surface area contributed by atoms with Crippen LogP contribution in [0.25, 0.3) is 5.69 Å². The van der Waals surface area contributed by atoms with Crippen molar-refractivity contribution in [3.8, 4) is 5.69 Å². The summed E-state index contributed by atoms with van der Waals surface area (Å²) in [5.41, 5.74) is 1.33. The summed E-state index contributed by atoms with van der Waals surface area (Å²) in [7, 11) is 0. The van der Waals surface area contributed by atoms with E-state index in [0.717, 1.165) is 5.69 Å². The molecule has 0 fully saturated rings. The quantitative estimate of drug-likeness (QED) is 0.774. The Kier molecular flexibility index (Phi) is 4.14. The Morgan fingerprint density at radius 2 is 1.88 bits per heavy atom. The van der Waals surface area contributed by atoms with Crippen LogP contribution in [0.15, 0.2) is 60.8 Å². The van der Waals surface area contributed by atoms with E-state index in [1.54, 1.807) is 38.1 Å². The minimum absolute atomic E-state index is 0.215. The van der Waals surface area contributed by atoms with Gasteiger partial charge in [0.05, 0.1) is 17.5 Å². The summed E-state index contributed by atoms with van der Waals surface area (Å²) in [5, 5.41) is 21.1. The van der Waals surface area contributed by atoms with E-state index >= 15 is 0 Å². The Morgan fingerprint density at radius 3 is 2.58 bits per heavy atom. The zero-order chi connectivity index (χ0) is 17.2.